The molecule has 0 aliphatic carbocycles. The van der Waals surface area contributed by atoms with Crippen molar-refractivity contribution < 1.29 is 24.2 Å². The van der Waals surface area contributed by atoms with Crippen LogP contribution >= 0.6 is 11.6 Å². The number of hydrogen-bond donors (Lipinski definition) is 2. The summed E-state index contributed by atoms with van der Waals surface area (Å²) >= 11 is 5.67. The SMILES string of the molecule is CN(C(=O)[C@@H]1CC(O)(C#N)CN1C(=O)O)c1ccc(F)c(Cl)c1. The van der Waals surface area contributed by atoms with E-state index in [-0.39, 0.29) is 17.1 Å². The van der Waals surface area contributed by atoms with Crippen molar-refractivity contribution in [2.24, 2.45) is 0 Å². The van der Waals surface area contributed by atoms with Crippen LogP contribution in [0.2, 0.25) is 5.02 Å². The van der Waals surface area contributed by atoms with Crippen molar-refractivity contribution in [1.29, 1.82) is 5.26 Å². The summed E-state index contributed by atoms with van der Waals surface area (Å²) in [5, 5.41) is 27.9. The van der Waals surface area contributed by atoms with E-state index in [0.29, 0.717) is 4.90 Å². The van der Waals surface area contributed by atoms with Crippen LogP contribution in [0.1, 0.15) is 6.42 Å². The number of nitriles is 1. The highest BCUT2D eigenvalue weighted by Crippen LogP contribution is 2.30. The quantitative estimate of drug-likeness (QED) is 0.792. The number of aliphatic hydroxyl groups is 1. The highest BCUT2D eigenvalue weighted by atomic mass is 35.5. The zero-order chi connectivity index (χ0) is 17.4. The number of rotatable bonds is 2. The molecule has 1 fully saturated rings. The highest BCUT2D eigenvalue weighted by Gasteiger charge is 2.49. The van der Waals surface area contributed by atoms with Crippen LogP contribution in [0, 0.1) is 17.1 Å². The van der Waals surface area contributed by atoms with Gasteiger partial charge in [0.15, 0.2) is 5.60 Å². The van der Waals surface area contributed by atoms with Crippen LogP contribution in [0.4, 0.5) is 14.9 Å². The summed E-state index contributed by atoms with van der Waals surface area (Å²) in [6.07, 6.45) is -1.76. The molecule has 9 heteroatoms. The number of hydrogen-bond acceptors (Lipinski definition) is 4. The minimum Gasteiger partial charge on any atom is -0.465 e. The maximum atomic E-state index is 13.2. The van der Waals surface area contributed by atoms with E-state index in [9.17, 15) is 19.1 Å². The molecule has 1 aliphatic heterocycles. The summed E-state index contributed by atoms with van der Waals surface area (Å²) in [7, 11) is 1.37. The first-order valence-corrected chi connectivity index (χ1v) is 6.92. The number of carboxylic acid groups (broad SMARTS) is 1. The van der Waals surface area contributed by atoms with E-state index in [1.807, 2.05) is 0 Å². The number of carbonyl (C=O) groups excluding carboxylic acids is 1. The molecule has 122 valence electrons. The zero-order valence-corrected chi connectivity index (χ0v) is 12.8. The summed E-state index contributed by atoms with van der Waals surface area (Å²) in [5.41, 5.74) is -1.65. The van der Waals surface area contributed by atoms with E-state index < -0.39 is 36.0 Å². The number of halogens is 2. The summed E-state index contributed by atoms with van der Waals surface area (Å²) in [4.78, 5) is 25.6. The molecule has 1 aliphatic rings. The minimum atomic E-state index is -1.92. The van der Waals surface area contributed by atoms with Gasteiger partial charge in [-0.25, -0.2) is 9.18 Å². The summed E-state index contributed by atoms with van der Waals surface area (Å²) in [6.45, 7) is -0.479. The monoisotopic (exact) mass is 341 g/mol. The second-order valence-corrected chi connectivity index (χ2v) is 5.68. The third-order valence-corrected chi connectivity index (χ3v) is 3.99. The van der Waals surface area contributed by atoms with Crippen LogP contribution in [-0.4, -0.2) is 52.3 Å². The van der Waals surface area contributed by atoms with Gasteiger partial charge in [-0.15, -0.1) is 0 Å². The topological polar surface area (TPSA) is 105 Å². The van der Waals surface area contributed by atoms with E-state index in [2.05, 4.69) is 0 Å². The first-order chi connectivity index (χ1) is 10.7. The summed E-state index contributed by atoms with van der Waals surface area (Å²) in [5.74, 6) is -1.30. The molecule has 1 aromatic rings. The lowest BCUT2D eigenvalue weighted by Crippen LogP contribution is -2.46. The van der Waals surface area contributed by atoms with Crippen LogP contribution in [-0.2, 0) is 4.79 Å². The number of benzene rings is 1. The predicted octanol–water partition coefficient (Wildman–Crippen LogP) is 1.45. The fourth-order valence-electron chi connectivity index (χ4n) is 2.43. The zero-order valence-electron chi connectivity index (χ0n) is 12.0. The molecule has 0 spiro atoms. The molecule has 0 aromatic heterocycles. The summed E-state index contributed by atoms with van der Waals surface area (Å²) < 4.78 is 13.2. The number of nitrogens with zero attached hydrogens (tertiary/aromatic N) is 3. The Kier molecular flexibility index (Phi) is 4.45. The maximum Gasteiger partial charge on any atom is 0.408 e. The number of likely N-dealkylation sites (N-methyl/N-ethyl adjacent to an activating group) is 1. The Morgan fingerprint density at radius 3 is 2.74 bits per heavy atom. The van der Waals surface area contributed by atoms with Gasteiger partial charge in [0.05, 0.1) is 17.6 Å². The molecule has 1 saturated heterocycles. The Balaban J connectivity index is 2.29. The second kappa shape index (κ2) is 6.02. The van der Waals surface area contributed by atoms with Crippen molar-refractivity contribution in [3.63, 3.8) is 0 Å². The predicted molar refractivity (Wildman–Crippen MR) is 78.5 cm³/mol. The Hall–Kier alpha value is -2.37. The van der Waals surface area contributed by atoms with E-state index in [0.717, 1.165) is 11.0 Å². The molecule has 0 bridgehead atoms. The summed E-state index contributed by atoms with van der Waals surface area (Å²) in [6, 6.07) is 4.02. The van der Waals surface area contributed by atoms with E-state index in [1.165, 1.54) is 19.2 Å². The Bertz CT molecular complexity index is 708. The molecule has 1 aromatic carbocycles. The van der Waals surface area contributed by atoms with E-state index in [4.69, 9.17) is 22.0 Å². The third kappa shape index (κ3) is 3.21. The molecule has 2 N–H and O–H groups in total. The Morgan fingerprint density at radius 2 is 2.22 bits per heavy atom. The lowest BCUT2D eigenvalue weighted by Gasteiger charge is -2.25. The van der Waals surface area contributed by atoms with Crippen LogP contribution in [0.5, 0.6) is 0 Å². The van der Waals surface area contributed by atoms with Gasteiger partial charge in [-0.05, 0) is 18.2 Å². The van der Waals surface area contributed by atoms with Crippen LogP contribution in [0.15, 0.2) is 18.2 Å². The standard InChI is InChI=1S/C14H13ClFN3O4/c1-18(8-2-3-10(16)9(15)4-8)12(20)11-5-14(23,6-17)7-19(11)13(21)22/h2-4,11,23H,5,7H2,1H3,(H,21,22)/t11-,14?/m0/s1. The highest BCUT2D eigenvalue weighted by molar-refractivity contribution is 6.31. The molecule has 23 heavy (non-hydrogen) atoms. The molecular weight excluding hydrogens is 329 g/mol. The first kappa shape index (κ1) is 17.0. The number of carbonyl (C=O) groups is 2. The number of amides is 2. The van der Waals surface area contributed by atoms with Crippen LogP contribution < -0.4 is 4.90 Å². The number of β-amino-alcohol motifs (C(OH)–C–C–N with tert-alkyl or cyclic N) is 1. The maximum absolute atomic E-state index is 13.2. The third-order valence-electron chi connectivity index (χ3n) is 3.70. The average molecular weight is 342 g/mol. The molecule has 2 amide bonds. The Labute approximate surface area is 136 Å². The molecule has 7 nitrogen and oxygen atoms in total. The van der Waals surface area contributed by atoms with Gasteiger partial charge in [-0.3, -0.25) is 9.69 Å². The average Bonchev–Trinajstić information content (AvgIpc) is 2.87. The fraction of sp³-hybridized carbons (Fsp3) is 0.357. The molecule has 2 atom stereocenters. The molecule has 1 heterocycles. The largest absolute Gasteiger partial charge is 0.465 e. The van der Waals surface area contributed by atoms with Crippen molar-refractivity contribution in [2.75, 3.05) is 18.5 Å². The van der Waals surface area contributed by atoms with Crippen molar-refractivity contribution in [1.82, 2.24) is 4.90 Å². The molecule has 0 saturated carbocycles. The molecular formula is C14H13ClFN3O4. The smallest absolute Gasteiger partial charge is 0.408 e. The van der Waals surface area contributed by atoms with Gasteiger partial charge in [0.2, 0.25) is 5.91 Å². The first-order valence-electron chi connectivity index (χ1n) is 6.54. The van der Waals surface area contributed by atoms with Gasteiger partial charge in [0.1, 0.15) is 11.9 Å². The van der Waals surface area contributed by atoms with Gasteiger partial charge >= 0.3 is 6.09 Å². The lowest BCUT2D eigenvalue weighted by atomic mass is 10.0. The van der Waals surface area contributed by atoms with Gasteiger partial charge in [-0.2, -0.15) is 5.26 Å². The van der Waals surface area contributed by atoms with Crippen LogP contribution in [0.25, 0.3) is 0 Å². The van der Waals surface area contributed by atoms with Crippen molar-refractivity contribution in [3.8, 4) is 6.07 Å². The number of anilines is 1. The van der Waals surface area contributed by atoms with E-state index in [1.54, 1.807) is 6.07 Å². The van der Waals surface area contributed by atoms with Gasteiger partial charge in [-0.1, -0.05) is 11.6 Å². The van der Waals surface area contributed by atoms with Gasteiger partial charge in [0.25, 0.3) is 0 Å². The minimum absolute atomic E-state index is 0.183. The molecule has 2 rings (SSSR count). The Morgan fingerprint density at radius 1 is 1.57 bits per heavy atom. The van der Waals surface area contributed by atoms with Crippen molar-refractivity contribution >= 4 is 29.3 Å². The second-order valence-electron chi connectivity index (χ2n) is 5.27. The number of likely N-dealkylation sites (tertiary alicyclic amines) is 1. The van der Waals surface area contributed by atoms with Gasteiger partial charge < -0.3 is 15.1 Å². The van der Waals surface area contributed by atoms with Gasteiger partial charge in [0, 0.05) is 19.2 Å². The van der Waals surface area contributed by atoms with Crippen molar-refractivity contribution in [3.05, 3.63) is 29.0 Å². The van der Waals surface area contributed by atoms with Crippen molar-refractivity contribution in [2.45, 2.75) is 18.1 Å². The normalized spacial score (nSPS) is 23.4. The van der Waals surface area contributed by atoms with Crippen LogP contribution in [0.3, 0.4) is 0 Å². The molecule has 0 radical (unpaired) electrons. The van der Waals surface area contributed by atoms with E-state index >= 15 is 0 Å². The molecule has 1 unspecified atom stereocenters. The fourth-order valence-corrected chi connectivity index (χ4v) is 2.61. The lowest BCUT2D eigenvalue weighted by molar-refractivity contribution is -0.122.